The third kappa shape index (κ3) is 2.57. The molecule has 21 heavy (non-hydrogen) atoms. The highest BCUT2D eigenvalue weighted by molar-refractivity contribution is 5.79. The first kappa shape index (κ1) is 14.2. The van der Waals surface area contributed by atoms with Gasteiger partial charge < -0.3 is 15.0 Å². The standard InChI is InChI=1S/C14H16F3N3O/c1-13(5-2-6-21-13)8-20-11-4-3-9(14(15,16)17)7-10(11)19-12(20)18/h3-4,7H,2,5-6,8H2,1H3,(H2,18,19). The van der Waals surface area contributed by atoms with Crippen molar-refractivity contribution in [2.45, 2.75) is 38.1 Å². The van der Waals surface area contributed by atoms with Crippen molar-refractivity contribution in [3.63, 3.8) is 0 Å². The van der Waals surface area contributed by atoms with Gasteiger partial charge in [0.2, 0.25) is 5.95 Å². The zero-order chi connectivity index (χ0) is 15.3. The van der Waals surface area contributed by atoms with Crippen LogP contribution in [0, 0.1) is 0 Å². The van der Waals surface area contributed by atoms with Crippen LogP contribution in [0.25, 0.3) is 11.0 Å². The second kappa shape index (κ2) is 4.62. The number of hydrogen-bond donors (Lipinski definition) is 1. The molecule has 0 radical (unpaired) electrons. The minimum atomic E-state index is -4.38. The number of nitrogens with zero attached hydrogens (tertiary/aromatic N) is 2. The number of imidazole rings is 1. The van der Waals surface area contributed by atoms with E-state index < -0.39 is 11.7 Å². The van der Waals surface area contributed by atoms with Crippen LogP contribution >= 0.6 is 0 Å². The van der Waals surface area contributed by atoms with E-state index in [1.54, 1.807) is 4.57 Å². The van der Waals surface area contributed by atoms with Crippen molar-refractivity contribution in [3.8, 4) is 0 Å². The average molecular weight is 299 g/mol. The maximum Gasteiger partial charge on any atom is 0.416 e. The van der Waals surface area contributed by atoms with E-state index in [0.717, 1.165) is 25.0 Å². The summed E-state index contributed by atoms with van der Waals surface area (Å²) in [7, 11) is 0. The van der Waals surface area contributed by atoms with Crippen LogP contribution in [-0.4, -0.2) is 21.8 Å². The number of fused-ring (bicyclic) bond motifs is 1. The smallest absolute Gasteiger partial charge is 0.373 e. The summed E-state index contributed by atoms with van der Waals surface area (Å²) in [5.74, 6) is 0.209. The van der Waals surface area contributed by atoms with Gasteiger partial charge in [-0.15, -0.1) is 0 Å². The molecule has 4 nitrogen and oxygen atoms in total. The summed E-state index contributed by atoms with van der Waals surface area (Å²) in [6.45, 7) is 3.16. The highest BCUT2D eigenvalue weighted by atomic mass is 19.4. The van der Waals surface area contributed by atoms with E-state index in [0.29, 0.717) is 18.7 Å². The van der Waals surface area contributed by atoms with Gasteiger partial charge in [0.15, 0.2) is 0 Å². The second-order valence-corrected chi connectivity index (χ2v) is 5.66. The Balaban J connectivity index is 2.02. The lowest BCUT2D eigenvalue weighted by molar-refractivity contribution is -0.137. The average Bonchev–Trinajstić information content (AvgIpc) is 2.94. The van der Waals surface area contributed by atoms with Gasteiger partial charge in [-0.25, -0.2) is 4.98 Å². The highest BCUT2D eigenvalue weighted by Crippen LogP contribution is 2.33. The molecule has 1 aliphatic rings. The van der Waals surface area contributed by atoms with Gasteiger partial charge >= 0.3 is 6.18 Å². The number of halogens is 3. The van der Waals surface area contributed by atoms with Crippen molar-refractivity contribution in [2.24, 2.45) is 0 Å². The number of ether oxygens (including phenoxy) is 1. The summed E-state index contributed by atoms with van der Waals surface area (Å²) in [5.41, 5.74) is 5.65. The quantitative estimate of drug-likeness (QED) is 0.926. The minimum Gasteiger partial charge on any atom is -0.373 e. The van der Waals surface area contributed by atoms with Gasteiger partial charge in [-0.3, -0.25) is 0 Å². The molecule has 0 bridgehead atoms. The zero-order valence-corrected chi connectivity index (χ0v) is 11.6. The first-order chi connectivity index (χ1) is 9.78. The van der Waals surface area contributed by atoms with E-state index in [4.69, 9.17) is 10.5 Å². The predicted octanol–water partition coefficient (Wildman–Crippen LogP) is 3.21. The van der Waals surface area contributed by atoms with Crippen molar-refractivity contribution in [3.05, 3.63) is 23.8 Å². The van der Waals surface area contributed by atoms with Gasteiger partial charge in [-0.2, -0.15) is 13.2 Å². The Hall–Kier alpha value is -1.76. The molecule has 1 unspecified atom stereocenters. The fourth-order valence-corrected chi connectivity index (χ4v) is 2.79. The molecule has 1 atom stereocenters. The van der Waals surface area contributed by atoms with Crippen molar-refractivity contribution < 1.29 is 17.9 Å². The molecule has 0 saturated carbocycles. The van der Waals surface area contributed by atoms with Crippen LogP contribution in [0.5, 0.6) is 0 Å². The summed E-state index contributed by atoms with van der Waals surface area (Å²) in [6.07, 6.45) is -2.51. The van der Waals surface area contributed by atoms with E-state index in [9.17, 15) is 13.2 Å². The lowest BCUT2D eigenvalue weighted by atomic mass is 10.0. The molecule has 1 saturated heterocycles. The van der Waals surface area contributed by atoms with Crippen molar-refractivity contribution in [1.82, 2.24) is 9.55 Å². The summed E-state index contributed by atoms with van der Waals surface area (Å²) < 4.78 is 45.6. The molecule has 1 aromatic carbocycles. The highest BCUT2D eigenvalue weighted by Gasteiger charge is 2.33. The van der Waals surface area contributed by atoms with Crippen molar-refractivity contribution in [2.75, 3.05) is 12.3 Å². The Kier molecular flexibility index (Phi) is 3.12. The molecule has 0 spiro atoms. The maximum atomic E-state index is 12.7. The van der Waals surface area contributed by atoms with E-state index in [-0.39, 0.29) is 17.1 Å². The number of rotatable bonds is 2. The van der Waals surface area contributed by atoms with Crippen LogP contribution in [0.1, 0.15) is 25.3 Å². The first-order valence-corrected chi connectivity index (χ1v) is 6.75. The molecule has 114 valence electrons. The molecule has 2 N–H and O–H groups in total. The predicted molar refractivity (Wildman–Crippen MR) is 72.7 cm³/mol. The van der Waals surface area contributed by atoms with Crippen LogP contribution in [0.2, 0.25) is 0 Å². The fraction of sp³-hybridized carbons (Fsp3) is 0.500. The Morgan fingerprint density at radius 3 is 2.81 bits per heavy atom. The maximum absolute atomic E-state index is 12.7. The molecule has 3 rings (SSSR count). The Labute approximate surface area is 119 Å². The fourth-order valence-electron chi connectivity index (χ4n) is 2.79. The molecule has 2 heterocycles. The summed E-state index contributed by atoms with van der Waals surface area (Å²) >= 11 is 0. The van der Waals surface area contributed by atoms with Gasteiger partial charge in [-0.05, 0) is 38.0 Å². The summed E-state index contributed by atoms with van der Waals surface area (Å²) in [5, 5.41) is 0. The topological polar surface area (TPSA) is 53.1 Å². The Morgan fingerprint density at radius 2 is 2.19 bits per heavy atom. The van der Waals surface area contributed by atoms with Crippen LogP contribution < -0.4 is 5.73 Å². The number of hydrogen-bond acceptors (Lipinski definition) is 3. The van der Waals surface area contributed by atoms with E-state index in [1.165, 1.54) is 6.07 Å². The number of anilines is 1. The first-order valence-electron chi connectivity index (χ1n) is 6.75. The lowest BCUT2D eigenvalue weighted by Crippen LogP contribution is -2.30. The lowest BCUT2D eigenvalue weighted by Gasteiger charge is -2.24. The molecule has 0 amide bonds. The summed E-state index contributed by atoms with van der Waals surface area (Å²) in [6, 6.07) is 3.50. The molecule has 0 aliphatic carbocycles. The number of alkyl halides is 3. The third-order valence-corrected chi connectivity index (χ3v) is 3.90. The number of aromatic nitrogens is 2. The van der Waals surface area contributed by atoms with Crippen LogP contribution in [0.15, 0.2) is 18.2 Å². The minimum absolute atomic E-state index is 0.209. The van der Waals surface area contributed by atoms with Gasteiger partial charge in [0, 0.05) is 6.61 Å². The van der Waals surface area contributed by atoms with Crippen LogP contribution in [0.3, 0.4) is 0 Å². The summed E-state index contributed by atoms with van der Waals surface area (Å²) in [4.78, 5) is 4.05. The molecule has 1 aliphatic heterocycles. The number of nitrogens with two attached hydrogens (primary N) is 1. The Bertz CT molecular complexity index is 672. The van der Waals surface area contributed by atoms with Gasteiger partial charge in [-0.1, -0.05) is 0 Å². The molecule has 1 fully saturated rings. The monoisotopic (exact) mass is 299 g/mol. The van der Waals surface area contributed by atoms with Crippen molar-refractivity contribution >= 4 is 17.0 Å². The SMILES string of the molecule is CC1(Cn2c(N)nc3cc(C(F)(F)F)ccc32)CCCO1. The second-order valence-electron chi connectivity index (χ2n) is 5.66. The third-order valence-electron chi connectivity index (χ3n) is 3.90. The normalized spacial score (nSPS) is 23.0. The molecule has 2 aromatic rings. The van der Waals surface area contributed by atoms with E-state index in [2.05, 4.69) is 4.98 Å². The van der Waals surface area contributed by atoms with Crippen LogP contribution in [-0.2, 0) is 17.5 Å². The Morgan fingerprint density at radius 1 is 1.43 bits per heavy atom. The van der Waals surface area contributed by atoms with E-state index in [1.807, 2.05) is 6.92 Å². The van der Waals surface area contributed by atoms with Crippen LogP contribution in [0.4, 0.5) is 19.1 Å². The van der Waals surface area contributed by atoms with E-state index >= 15 is 0 Å². The largest absolute Gasteiger partial charge is 0.416 e. The molecule has 7 heteroatoms. The molecule has 1 aromatic heterocycles. The number of nitrogen functional groups attached to an aromatic ring is 1. The van der Waals surface area contributed by atoms with Gasteiger partial charge in [0.25, 0.3) is 0 Å². The van der Waals surface area contributed by atoms with Gasteiger partial charge in [0.1, 0.15) is 0 Å². The zero-order valence-electron chi connectivity index (χ0n) is 11.6. The molecular formula is C14H16F3N3O. The molecular weight excluding hydrogens is 283 g/mol. The van der Waals surface area contributed by atoms with Gasteiger partial charge in [0.05, 0.1) is 28.7 Å². The number of benzene rings is 1. The van der Waals surface area contributed by atoms with Crippen molar-refractivity contribution in [1.29, 1.82) is 0 Å².